The predicted octanol–water partition coefficient (Wildman–Crippen LogP) is 4.65. The number of benzene rings is 1. The SMILES string of the molecule is FC(F)Oc1ccc(CN2CCC[C@@H](c3ccnc(SCCN4CCCC4)n3)C2)cc1. The first-order valence-electron chi connectivity index (χ1n) is 11.1. The molecule has 2 saturated heterocycles. The van der Waals surface area contributed by atoms with Gasteiger partial charge in [-0.25, -0.2) is 9.97 Å². The maximum absolute atomic E-state index is 12.3. The smallest absolute Gasteiger partial charge is 0.387 e. The Labute approximate surface area is 187 Å². The highest BCUT2D eigenvalue weighted by molar-refractivity contribution is 7.99. The Hall–Kier alpha value is -1.77. The van der Waals surface area contributed by atoms with Crippen LogP contribution in [0.5, 0.6) is 5.75 Å². The van der Waals surface area contributed by atoms with Crippen molar-refractivity contribution in [3.8, 4) is 5.75 Å². The van der Waals surface area contributed by atoms with Crippen LogP contribution in [0.2, 0.25) is 0 Å². The van der Waals surface area contributed by atoms with Gasteiger partial charge in [0.2, 0.25) is 0 Å². The normalized spacial score (nSPS) is 20.4. The molecule has 4 rings (SSSR count). The molecule has 5 nitrogen and oxygen atoms in total. The molecule has 1 aromatic carbocycles. The van der Waals surface area contributed by atoms with Crippen molar-refractivity contribution in [2.75, 3.05) is 38.5 Å². The lowest BCUT2D eigenvalue weighted by molar-refractivity contribution is -0.0498. The Bertz CT molecular complexity index is 817. The summed E-state index contributed by atoms with van der Waals surface area (Å²) in [5.74, 6) is 1.63. The number of piperidine rings is 1. The summed E-state index contributed by atoms with van der Waals surface area (Å²) in [6.45, 7) is 3.55. The molecular weight excluding hydrogens is 418 g/mol. The standard InChI is InChI=1S/C23H30F2N4OS/c24-22(25)30-20-7-5-18(6-8-20)16-29-13-3-4-19(17-29)21-9-10-26-23(27-21)31-15-14-28-11-1-2-12-28/h5-10,19,22H,1-4,11-17H2/t19-/m1/s1. The van der Waals surface area contributed by atoms with Gasteiger partial charge in [0.05, 0.1) is 0 Å². The molecule has 2 fully saturated rings. The molecule has 168 valence electrons. The Kier molecular flexibility index (Phi) is 8.10. The summed E-state index contributed by atoms with van der Waals surface area (Å²) >= 11 is 1.75. The van der Waals surface area contributed by atoms with Gasteiger partial charge in [0.1, 0.15) is 5.75 Å². The second-order valence-corrected chi connectivity index (χ2v) is 9.32. The molecular formula is C23H30F2N4OS. The molecule has 0 N–H and O–H groups in total. The van der Waals surface area contributed by atoms with E-state index in [1.54, 1.807) is 23.9 Å². The van der Waals surface area contributed by atoms with Crippen LogP contribution in [0, 0.1) is 0 Å². The highest BCUT2D eigenvalue weighted by Crippen LogP contribution is 2.28. The first-order valence-corrected chi connectivity index (χ1v) is 12.1. The average Bonchev–Trinajstić information content (AvgIpc) is 3.29. The summed E-state index contributed by atoms with van der Waals surface area (Å²) < 4.78 is 29.1. The lowest BCUT2D eigenvalue weighted by atomic mass is 9.94. The largest absolute Gasteiger partial charge is 0.435 e. The molecule has 1 aromatic heterocycles. The van der Waals surface area contributed by atoms with E-state index in [1.807, 2.05) is 18.3 Å². The zero-order chi connectivity index (χ0) is 21.5. The molecule has 0 bridgehead atoms. The topological polar surface area (TPSA) is 41.5 Å². The van der Waals surface area contributed by atoms with Gasteiger partial charge in [0.25, 0.3) is 0 Å². The molecule has 8 heteroatoms. The van der Waals surface area contributed by atoms with Gasteiger partial charge < -0.3 is 9.64 Å². The van der Waals surface area contributed by atoms with Gasteiger partial charge in [-0.1, -0.05) is 23.9 Å². The zero-order valence-electron chi connectivity index (χ0n) is 17.8. The third-order valence-electron chi connectivity index (χ3n) is 5.97. The zero-order valence-corrected chi connectivity index (χ0v) is 18.6. The molecule has 0 saturated carbocycles. The maximum Gasteiger partial charge on any atom is 0.387 e. The summed E-state index contributed by atoms with van der Waals surface area (Å²) in [6, 6.07) is 9.00. The molecule has 1 atom stereocenters. The van der Waals surface area contributed by atoms with Crippen molar-refractivity contribution in [1.29, 1.82) is 0 Å². The number of halogens is 2. The summed E-state index contributed by atoms with van der Waals surface area (Å²) in [4.78, 5) is 14.3. The van der Waals surface area contributed by atoms with Gasteiger partial charge in [-0.3, -0.25) is 4.90 Å². The van der Waals surface area contributed by atoms with Crippen molar-refractivity contribution in [1.82, 2.24) is 19.8 Å². The van der Waals surface area contributed by atoms with Crippen molar-refractivity contribution in [3.05, 3.63) is 47.8 Å². The molecule has 2 aromatic rings. The summed E-state index contributed by atoms with van der Waals surface area (Å²) in [6.07, 6.45) is 6.79. The number of rotatable bonds is 9. The van der Waals surface area contributed by atoms with E-state index in [2.05, 4.69) is 25.6 Å². The van der Waals surface area contributed by atoms with Crippen LogP contribution >= 0.6 is 11.8 Å². The number of thioether (sulfide) groups is 1. The molecule has 31 heavy (non-hydrogen) atoms. The van der Waals surface area contributed by atoms with Crippen LogP contribution in [-0.4, -0.2) is 64.9 Å². The second kappa shape index (κ2) is 11.2. The molecule has 2 aliphatic heterocycles. The summed E-state index contributed by atoms with van der Waals surface area (Å²) in [5.41, 5.74) is 2.23. The third-order valence-corrected chi connectivity index (χ3v) is 6.81. The van der Waals surface area contributed by atoms with E-state index in [-0.39, 0.29) is 5.75 Å². The van der Waals surface area contributed by atoms with Crippen molar-refractivity contribution < 1.29 is 13.5 Å². The van der Waals surface area contributed by atoms with E-state index in [0.29, 0.717) is 5.92 Å². The molecule has 3 heterocycles. The van der Waals surface area contributed by atoms with Crippen LogP contribution in [-0.2, 0) is 6.54 Å². The van der Waals surface area contributed by atoms with E-state index in [9.17, 15) is 8.78 Å². The van der Waals surface area contributed by atoms with Crippen LogP contribution in [0.15, 0.2) is 41.7 Å². The molecule has 0 radical (unpaired) electrons. The summed E-state index contributed by atoms with van der Waals surface area (Å²) in [7, 11) is 0. The van der Waals surface area contributed by atoms with Crippen molar-refractivity contribution in [2.45, 2.75) is 49.9 Å². The number of aromatic nitrogens is 2. The fourth-order valence-corrected chi connectivity index (χ4v) is 5.24. The van der Waals surface area contributed by atoms with Gasteiger partial charge in [-0.05, 0) is 69.1 Å². The van der Waals surface area contributed by atoms with Crippen molar-refractivity contribution in [3.63, 3.8) is 0 Å². The van der Waals surface area contributed by atoms with Gasteiger partial charge in [-0.15, -0.1) is 0 Å². The Morgan fingerprint density at radius 3 is 2.58 bits per heavy atom. The third kappa shape index (κ3) is 6.85. The Balaban J connectivity index is 1.29. The lowest BCUT2D eigenvalue weighted by Crippen LogP contribution is -2.34. The van der Waals surface area contributed by atoms with Crippen LogP contribution in [0.3, 0.4) is 0 Å². The fraction of sp³-hybridized carbons (Fsp3) is 0.565. The number of likely N-dealkylation sites (tertiary alicyclic amines) is 2. The maximum atomic E-state index is 12.3. The van der Waals surface area contributed by atoms with E-state index in [0.717, 1.165) is 61.2 Å². The van der Waals surface area contributed by atoms with E-state index >= 15 is 0 Å². The first-order chi connectivity index (χ1) is 15.2. The Morgan fingerprint density at radius 1 is 1.03 bits per heavy atom. The fourth-order valence-electron chi connectivity index (χ4n) is 4.40. The number of hydrogen-bond donors (Lipinski definition) is 0. The predicted molar refractivity (Wildman–Crippen MR) is 119 cm³/mol. The minimum absolute atomic E-state index is 0.200. The van der Waals surface area contributed by atoms with E-state index in [4.69, 9.17) is 4.98 Å². The molecule has 0 spiro atoms. The van der Waals surface area contributed by atoms with Crippen LogP contribution in [0.4, 0.5) is 8.78 Å². The van der Waals surface area contributed by atoms with Gasteiger partial charge >= 0.3 is 6.61 Å². The molecule has 2 aliphatic rings. The van der Waals surface area contributed by atoms with Gasteiger partial charge in [0.15, 0.2) is 5.16 Å². The molecule has 0 amide bonds. The van der Waals surface area contributed by atoms with Crippen LogP contribution < -0.4 is 4.74 Å². The van der Waals surface area contributed by atoms with Gasteiger partial charge in [0, 0.05) is 43.2 Å². The highest BCUT2D eigenvalue weighted by atomic mass is 32.2. The summed E-state index contributed by atoms with van der Waals surface area (Å²) in [5, 5.41) is 0.878. The minimum atomic E-state index is -2.79. The number of hydrogen-bond acceptors (Lipinski definition) is 6. The molecule has 0 aliphatic carbocycles. The highest BCUT2D eigenvalue weighted by Gasteiger charge is 2.23. The monoisotopic (exact) mass is 448 g/mol. The number of alkyl halides is 2. The molecule has 0 unspecified atom stereocenters. The second-order valence-electron chi connectivity index (χ2n) is 8.26. The average molecular weight is 449 g/mol. The van der Waals surface area contributed by atoms with Crippen LogP contribution in [0.25, 0.3) is 0 Å². The quantitative estimate of drug-likeness (QED) is 0.411. The number of nitrogens with zero attached hydrogens (tertiary/aromatic N) is 4. The van der Waals surface area contributed by atoms with Crippen molar-refractivity contribution in [2.24, 2.45) is 0 Å². The first kappa shape index (κ1) is 22.4. The Morgan fingerprint density at radius 2 is 1.81 bits per heavy atom. The number of ether oxygens (including phenoxy) is 1. The van der Waals surface area contributed by atoms with E-state index in [1.165, 1.54) is 25.9 Å². The van der Waals surface area contributed by atoms with E-state index < -0.39 is 6.61 Å². The van der Waals surface area contributed by atoms with Gasteiger partial charge in [-0.2, -0.15) is 8.78 Å². The van der Waals surface area contributed by atoms with Crippen molar-refractivity contribution >= 4 is 11.8 Å². The van der Waals surface area contributed by atoms with Crippen LogP contribution in [0.1, 0.15) is 42.9 Å². The minimum Gasteiger partial charge on any atom is -0.435 e. The lowest BCUT2D eigenvalue weighted by Gasteiger charge is -2.32.